The molecule has 1 aromatic heterocycles. The van der Waals surface area contributed by atoms with Crippen molar-refractivity contribution in [3.05, 3.63) is 35.1 Å². The van der Waals surface area contributed by atoms with Crippen molar-refractivity contribution in [1.29, 1.82) is 0 Å². The van der Waals surface area contributed by atoms with Crippen LogP contribution in [-0.2, 0) is 4.79 Å². The summed E-state index contributed by atoms with van der Waals surface area (Å²) in [6, 6.07) is 5.81. The summed E-state index contributed by atoms with van der Waals surface area (Å²) in [6.07, 6.45) is 0.465. The molecule has 1 atom stereocenters. The van der Waals surface area contributed by atoms with Crippen LogP contribution in [0, 0.1) is 19.3 Å². The van der Waals surface area contributed by atoms with Gasteiger partial charge < -0.3 is 14.4 Å². The molecule has 3 rings (SSSR count). The minimum absolute atomic E-state index is 0.219. The largest absolute Gasteiger partial charge is 0.481 e. The number of fused-ring (bicyclic) bond motifs is 1. The number of carbonyl (C=O) groups is 2. The molecule has 0 spiro atoms. The number of hydrogen-bond acceptors (Lipinski definition) is 3. The molecule has 0 aliphatic carbocycles. The van der Waals surface area contributed by atoms with Gasteiger partial charge in [-0.2, -0.15) is 0 Å². The molecule has 1 fully saturated rings. The van der Waals surface area contributed by atoms with Crippen molar-refractivity contribution in [3.63, 3.8) is 0 Å². The maximum Gasteiger partial charge on any atom is 0.311 e. The van der Waals surface area contributed by atoms with Crippen molar-refractivity contribution >= 4 is 22.8 Å². The van der Waals surface area contributed by atoms with Crippen LogP contribution in [0.1, 0.15) is 35.0 Å². The van der Waals surface area contributed by atoms with Gasteiger partial charge in [-0.15, -0.1) is 0 Å². The lowest BCUT2D eigenvalue weighted by atomic mass is 9.90. The Labute approximate surface area is 128 Å². The van der Waals surface area contributed by atoms with Gasteiger partial charge in [0.05, 0.1) is 5.41 Å². The molecule has 2 heterocycles. The van der Waals surface area contributed by atoms with E-state index in [-0.39, 0.29) is 12.5 Å². The Hall–Kier alpha value is -2.30. The van der Waals surface area contributed by atoms with Gasteiger partial charge in [0.25, 0.3) is 5.91 Å². The average molecular weight is 301 g/mol. The molecule has 1 N–H and O–H groups in total. The van der Waals surface area contributed by atoms with Gasteiger partial charge in [-0.1, -0.05) is 18.2 Å². The van der Waals surface area contributed by atoms with Gasteiger partial charge in [0.1, 0.15) is 5.58 Å². The number of carboxylic acid groups (broad SMARTS) is 1. The van der Waals surface area contributed by atoms with Crippen LogP contribution < -0.4 is 0 Å². The fraction of sp³-hybridized carbons (Fsp3) is 0.412. The number of carbonyl (C=O) groups excluding carboxylic acids is 1. The highest BCUT2D eigenvalue weighted by atomic mass is 16.4. The van der Waals surface area contributed by atoms with Gasteiger partial charge >= 0.3 is 5.97 Å². The van der Waals surface area contributed by atoms with Gasteiger partial charge in [0.2, 0.25) is 0 Å². The Bertz CT molecular complexity index is 776. The number of nitrogens with zero attached hydrogens (tertiary/aromatic N) is 1. The Morgan fingerprint density at radius 3 is 2.64 bits per heavy atom. The number of aryl methyl sites for hydroxylation is 2. The number of rotatable bonds is 2. The van der Waals surface area contributed by atoms with Crippen molar-refractivity contribution in [2.45, 2.75) is 27.2 Å². The van der Waals surface area contributed by atoms with Crippen LogP contribution in [0.2, 0.25) is 0 Å². The molecule has 0 bridgehead atoms. The summed E-state index contributed by atoms with van der Waals surface area (Å²) >= 11 is 0. The predicted molar refractivity (Wildman–Crippen MR) is 82.0 cm³/mol. The zero-order chi connectivity index (χ0) is 16.1. The van der Waals surface area contributed by atoms with E-state index in [0.717, 1.165) is 22.1 Å². The molecule has 0 saturated carbocycles. The number of furan rings is 1. The van der Waals surface area contributed by atoms with E-state index in [0.29, 0.717) is 18.7 Å². The fourth-order valence-electron chi connectivity index (χ4n) is 3.04. The van der Waals surface area contributed by atoms with Crippen LogP contribution >= 0.6 is 0 Å². The summed E-state index contributed by atoms with van der Waals surface area (Å²) < 4.78 is 5.79. The van der Waals surface area contributed by atoms with E-state index in [1.54, 1.807) is 11.8 Å². The molecule has 1 aliphatic heterocycles. The third kappa shape index (κ3) is 2.08. The molecule has 1 amide bonds. The summed E-state index contributed by atoms with van der Waals surface area (Å²) in [5.74, 6) is -0.767. The first-order valence-electron chi connectivity index (χ1n) is 7.35. The van der Waals surface area contributed by atoms with Gasteiger partial charge in [-0.25, -0.2) is 0 Å². The number of amides is 1. The number of likely N-dealkylation sites (tertiary alicyclic amines) is 1. The van der Waals surface area contributed by atoms with Crippen LogP contribution in [0.25, 0.3) is 11.0 Å². The quantitative estimate of drug-likeness (QED) is 0.925. The van der Waals surface area contributed by atoms with Gasteiger partial charge in [-0.05, 0) is 32.8 Å². The van der Waals surface area contributed by atoms with E-state index in [4.69, 9.17) is 4.42 Å². The average Bonchev–Trinajstić information content (AvgIpc) is 3.02. The molecular formula is C17H19NO4. The molecule has 22 heavy (non-hydrogen) atoms. The van der Waals surface area contributed by atoms with Crippen molar-refractivity contribution in [2.75, 3.05) is 13.1 Å². The lowest BCUT2D eigenvalue weighted by Crippen LogP contribution is -2.34. The first-order chi connectivity index (χ1) is 10.3. The van der Waals surface area contributed by atoms with Crippen molar-refractivity contribution in [2.24, 2.45) is 5.41 Å². The smallest absolute Gasteiger partial charge is 0.311 e. The Kier molecular flexibility index (Phi) is 3.24. The first kappa shape index (κ1) is 14.6. The highest BCUT2D eigenvalue weighted by Gasteiger charge is 2.43. The van der Waals surface area contributed by atoms with E-state index in [1.807, 2.05) is 32.0 Å². The molecule has 5 heteroatoms. The van der Waals surface area contributed by atoms with Crippen LogP contribution in [0.3, 0.4) is 0 Å². The molecule has 116 valence electrons. The number of hydrogen-bond donors (Lipinski definition) is 1. The lowest BCUT2D eigenvalue weighted by Gasteiger charge is -2.19. The minimum atomic E-state index is -0.870. The molecule has 5 nitrogen and oxygen atoms in total. The normalized spacial score (nSPS) is 21.5. The number of benzene rings is 1. The van der Waals surface area contributed by atoms with Crippen molar-refractivity contribution < 1.29 is 19.1 Å². The van der Waals surface area contributed by atoms with Crippen LogP contribution in [0.5, 0.6) is 0 Å². The number of carboxylic acids is 1. The Morgan fingerprint density at radius 1 is 1.32 bits per heavy atom. The van der Waals surface area contributed by atoms with Gasteiger partial charge in [-0.3, -0.25) is 9.59 Å². The Morgan fingerprint density at radius 2 is 2.05 bits per heavy atom. The molecule has 2 aromatic rings. The monoisotopic (exact) mass is 301 g/mol. The van der Waals surface area contributed by atoms with Crippen molar-refractivity contribution in [1.82, 2.24) is 4.90 Å². The maximum atomic E-state index is 12.7. The van der Waals surface area contributed by atoms with E-state index in [9.17, 15) is 14.7 Å². The minimum Gasteiger partial charge on any atom is -0.481 e. The summed E-state index contributed by atoms with van der Waals surface area (Å²) in [4.78, 5) is 25.6. The van der Waals surface area contributed by atoms with Crippen LogP contribution in [-0.4, -0.2) is 35.0 Å². The summed E-state index contributed by atoms with van der Waals surface area (Å²) in [5, 5.41) is 10.2. The lowest BCUT2D eigenvalue weighted by molar-refractivity contribution is -0.147. The third-order valence-corrected chi connectivity index (χ3v) is 4.63. The SMILES string of the molecule is Cc1c(C(=O)N2CC[C@@](C)(C(=O)O)C2)oc2c(C)cccc12. The third-order valence-electron chi connectivity index (χ3n) is 4.63. The fourth-order valence-corrected chi connectivity index (χ4v) is 3.04. The standard InChI is InChI=1S/C17H19NO4/c1-10-5-4-6-12-11(2)14(22-13(10)12)15(19)18-8-7-17(3,9-18)16(20)21/h4-6H,7-9H2,1-3H3,(H,20,21)/t17-/m1/s1. The first-order valence-corrected chi connectivity index (χ1v) is 7.35. The van der Waals surface area contributed by atoms with E-state index >= 15 is 0 Å². The second kappa shape index (κ2) is 4.87. The van der Waals surface area contributed by atoms with Gasteiger partial charge in [0, 0.05) is 24.0 Å². The zero-order valence-electron chi connectivity index (χ0n) is 13.0. The molecule has 1 aliphatic rings. The van der Waals surface area contributed by atoms with Crippen molar-refractivity contribution in [3.8, 4) is 0 Å². The Balaban J connectivity index is 1.96. The molecule has 1 aromatic carbocycles. The highest BCUT2D eigenvalue weighted by molar-refractivity contribution is 6.00. The molecule has 0 radical (unpaired) electrons. The summed E-state index contributed by atoms with van der Waals surface area (Å²) in [7, 11) is 0. The highest BCUT2D eigenvalue weighted by Crippen LogP contribution is 2.33. The summed E-state index contributed by atoms with van der Waals surface area (Å²) in [6.45, 7) is 6.15. The molecular weight excluding hydrogens is 282 g/mol. The predicted octanol–water partition coefficient (Wildman–Crippen LogP) is 2.99. The summed E-state index contributed by atoms with van der Waals surface area (Å²) in [5.41, 5.74) is 1.65. The van der Waals surface area contributed by atoms with Gasteiger partial charge in [0.15, 0.2) is 5.76 Å². The maximum absolute atomic E-state index is 12.7. The van der Waals surface area contributed by atoms with Crippen LogP contribution in [0.15, 0.2) is 22.6 Å². The molecule has 0 unspecified atom stereocenters. The molecule has 1 saturated heterocycles. The topological polar surface area (TPSA) is 70.8 Å². The zero-order valence-corrected chi connectivity index (χ0v) is 13.0. The van der Waals surface area contributed by atoms with E-state index in [2.05, 4.69) is 0 Å². The second-order valence-electron chi connectivity index (χ2n) is 6.35. The van der Waals surface area contributed by atoms with Crippen LogP contribution in [0.4, 0.5) is 0 Å². The van der Waals surface area contributed by atoms with E-state index < -0.39 is 11.4 Å². The number of aliphatic carboxylic acids is 1. The van der Waals surface area contributed by atoms with E-state index in [1.165, 1.54) is 0 Å². The number of para-hydroxylation sites is 1. The second-order valence-corrected chi connectivity index (χ2v) is 6.35.